The van der Waals surface area contributed by atoms with E-state index in [1.54, 1.807) is 14.0 Å². The van der Waals surface area contributed by atoms with Crippen molar-refractivity contribution >= 4 is 11.5 Å². The number of pyridine rings is 1. The summed E-state index contributed by atoms with van der Waals surface area (Å²) in [6.45, 7) is 4.17. The van der Waals surface area contributed by atoms with Crippen LogP contribution in [0.5, 0.6) is 11.6 Å². The van der Waals surface area contributed by atoms with Gasteiger partial charge in [-0.25, -0.2) is 9.78 Å². The molecule has 0 atom stereocenters. The first-order valence-electron chi connectivity index (χ1n) is 13.5. The molecular weight excluding hydrogens is 482 g/mol. The van der Waals surface area contributed by atoms with Crippen LogP contribution in [-0.4, -0.2) is 44.9 Å². The number of hydrogen-bond donors (Lipinski definition) is 0. The van der Waals surface area contributed by atoms with Gasteiger partial charge in [0.1, 0.15) is 5.75 Å². The van der Waals surface area contributed by atoms with Crippen LogP contribution in [0.1, 0.15) is 79.6 Å². The number of aryl methyl sites for hydroxylation is 1. The van der Waals surface area contributed by atoms with Crippen molar-refractivity contribution in [2.75, 3.05) is 13.7 Å². The molecule has 3 aromatic rings. The number of rotatable bonds is 11. The molecule has 2 aliphatic rings. The molecule has 5 rings (SSSR count). The minimum Gasteiger partial charge on any atom is -0.485 e. The minimum absolute atomic E-state index is 0.0782. The Kier molecular flexibility index (Phi) is 8.00. The zero-order chi connectivity index (χ0) is 26.5. The molecule has 2 aromatic heterocycles. The van der Waals surface area contributed by atoms with Gasteiger partial charge in [0.25, 0.3) is 0 Å². The lowest BCUT2D eigenvalue weighted by Crippen LogP contribution is -2.15. The van der Waals surface area contributed by atoms with Crippen molar-refractivity contribution in [2.24, 2.45) is 5.92 Å². The number of aromatic nitrogens is 5. The Morgan fingerprint density at radius 3 is 2.66 bits per heavy atom. The fourth-order valence-corrected chi connectivity index (χ4v) is 5.00. The second kappa shape index (κ2) is 11.8. The Balaban J connectivity index is 1.34. The van der Waals surface area contributed by atoms with E-state index < -0.39 is 5.97 Å². The van der Waals surface area contributed by atoms with Crippen LogP contribution in [0.3, 0.4) is 0 Å². The fraction of sp³-hybridized carbons (Fsp3) is 0.483. The topological polar surface area (TPSA) is 101 Å². The van der Waals surface area contributed by atoms with Crippen LogP contribution in [0.2, 0.25) is 0 Å². The number of benzene rings is 1. The quantitative estimate of drug-likeness (QED) is 0.327. The van der Waals surface area contributed by atoms with Crippen LogP contribution in [0, 0.1) is 12.8 Å². The Bertz CT molecular complexity index is 1310. The molecule has 0 amide bonds. The molecule has 0 unspecified atom stereocenters. The van der Waals surface area contributed by atoms with Gasteiger partial charge in [0.15, 0.2) is 13.2 Å². The zero-order valence-electron chi connectivity index (χ0n) is 22.4. The van der Waals surface area contributed by atoms with E-state index in [0.29, 0.717) is 24.3 Å². The molecule has 2 saturated carbocycles. The van der Waals surface area contributed by atoms with Crippen molar-refractivity contribution < 1.29 is 19.0 Å². The van der Waals surface area contributed by atoms with Crippen LogP contribution in [0.4, 0.5) is 0 Å². The van der Waals surface area contributed by atoms with Crippen molar-refractivity contribution in [2.45, 2.75) is 71.4 Å². The Hall–Kier alpha value is -3.75. The van der Waals surface area contributed by atoms with Gasteiger partial charge in [-0.15, -0.1) is 10.2 Å². The molecule has 9 heteroatoms. The molecule has 0 radical (unpaired) electrons. The van der Waals surface area contributed by atoms with Crippen molar-refractivity contribution in [1.29, 1.82) is 0 Å². The summed E-state index contributed by atoms with van der Waals surface area (Å²) in [7, 11) is 1.71. The van der Waals surface area contributed by atoms with E-state index in [9.17, 15) is 4.79 Å². The predicted molar refractivity (Wildman–Crippen MR) is 142 cm³/mol. The number of hydrogen-bond acceptors (Lipinski definition) is 8. The molecule has 0 saturated heterocycles. The standard InChI is InChI=1S/C29H35N5O4/c1-4-37-28(35)17-34-32-27(31-33-34)18-38-26-14-11-22(15-19(26)2)24(16-20-7-5-6-8-20)25-13-12-23(21-9-10-21)29(30-25)36-3/h11-16,20-21H,4-10,17-18H2,1-3H3/b24-16+. The van der Waals surface area contributed by atoms with E-state index in [-0.39, 0.29) is 13.2 Å². The number of nitrogens with zero attached hydrogens (tertiary/aromatic N) is 5. The molecule has 1 aromatic carbocycles. The molecule has 200 valence electrons. The van der Waals surface area contributed by atoms with Gasteiger partial charge in [-0.2, -0.15) is 4.80 Å². The summed E-state index contributed by atoms with van der Waals surface area (Å²) in [4.78, 5) is 17.8. The van der Waals surface area contributed by atoms with E-state index in [0.717, 1.165) is 34.0 Å². The molecule has 0 spiro atoms. The number of carbonyl (C=O) groups is 1. The van der Waals surface area contributed by atoms with Crippen LogP contribution in [-0.2, 0) is 22.7 Å². The lowest BCUT2D eigenvalue weighted by Gasteiger charge is -2.16. The van der Waals surface area contributed by atoms with Gasteiger partial charge >= 0.3 is 5.97 Å². The molecule has 9 nitrogen and oxygen atoms in total. The number of ether oxygens (including phenoxy) is 3. The first kappa shape index (κ1) is 25.9. The molecular formula is C29H35N5O4. The highest BCUT2D eigenvalue weighted by Gasteiger charge is 2.28. The minimum atomic E-state index is -0.403. The number of esters is 1. The monoisotopic (exact) mass is 517 g/mol. The van der Waals surface area contributed by atoms with E-state index >= 15 is 0 Å². The lowest BCUT2D eigenvalue weighted by atomic mass is 9.94. The summed E-state index contributed by atoms with van der Waals surface area (Å²) in [6, 6.07) is 10.5. The van der Waals surface area contributed by atoms with Gasteiger partial charge < -0.3 is 14.2 Å². The van der Waals surface area contributed by atoms with Crippen molar-refractivity contribution in [3.05, 3.63) is 64.6 Å². The van der Waals surface area contributed by atoms with Crippen molar-refractivity contribution in [3.8, 4) is 11.6 Å². The van der Waals surface area contributed by atoms with Gasteiger partial charge in [-0.1, -0.05) is 31.1 Å². The summed E-state index contributed by atoms with van der Waals surface area (Å²) >= 11 is 0. The van der Waals surface area contributed by atoms with Crippen molar-refractivity contribution in [3.63, 3.8) is 0 Å². The number of allylic oxidation sites excluding steroid dienone is 1. The molecule has 0 N–H and O–H groups in total. The van der Waals surface area contributed by atoms with Gasteiger partial charge in [-0.05, 0) is 85.9 Å². The van der Waals surface area contributed by atoms with Crippen LogP contribution in [0.15, 0.2) is 36.4 Å². The predicted octanol–water partition coefficient (Wildman–Crippen LogP) is 5.03. The highest BCUT2D eigenvalue weighted by Crippen LogP contribution is 2.44. The highest BCUT2D eigenvalue weighted by atomic mass is 16.5. The zero-order valence-corrected chi connectivity index (χ0v) is 22.4. The number of carbonyl (C=O) groups excluding carboxylic acids is 1. The molecule has 0 aliphatic heterocycles. The molecule has 2 heterocycles. The third kappa shape index (κ3) is 6.20. The average molecular weight is 518 g/mol. The van der Waals surface area contributed by atoms with E-state index in [2.05, 4.69) is 45.8 Å². The maximum absolute atomic E-state index is 11.6. The molecule has 2 aliphatic carbocycles. The first-order valence-corrected chi connectivity index (χ1v) is 13.5. The van der Waals surface area contributed by atoms with E-state index in [4.69, 9.17) is 19.2 Å². The summed E-state index contributed by atoms with van der Waals surface area (Å²) in [5.41, 5.74) is 5.39. The summed E-state index contributed by atoms with van der Waals surface area (Å²) in [5.74, 6) is 2.60. The summed E-state index contributed by atoms with van der Waals surface area (Å²) < 4.78 is 16.6. The highest BCUT2D eigenvalue weighted by molar-refractivity contribution is 5.79. The van der Waals surface area contributed by atoms with Crippen LogP contribution < -0.4 is 9.47 Å². The first-order chi connectivity index (χ1) is 18.5. The van der Waals surface area contributed by atoms with Crippen LogP contribution in [0.25, 0.3) is 5.57 Å². The molecule has 0 bridgehead atoms. The van der Waals surface area contributed by atoms with Crippen LogP contribution >= 0.6 is 0 Å². The second-order valence-corrected chi connectivity index (χ2v) is 10.0. The van der Waals surface area contributed by atoms with Gasteiger partial charge in [-0.3, -0.25) is 0 Å². The van der Waals surface area contributed by atoms with Gasteiger partial charge in [0.2, 0.25) is 11.7 Å². The number of methoxy groups -OCH3 is 1. The SMILES string of the molecule is CCOC(=O)Cn1nnc(COc2ccc(/C(=C\C3CCCC3)c3ccc(C4CC4)c(OC)n3)cc2C)n1. The normalized spacial score (nSPS) is 16.0. The maximum atomic E-state index is 11.6. The largest absolute Gasteiger partial charge is 0.485 e. The van der Waals surface area contributed by atoms with Crippen molar-refractivity contribution in [1.82, 2.24) is 25.2 Å². The second-order valence-electron chi connectivity index (χ2n) is 10.0. The smallest absolute Gasteiger partial charge is 0.329 e. The maximum Gasteiger partial charge on any atom is 0.329 e. The molecule has 2 fully saturated rings. The Labute approximate surface area is 223 Å². The third-order valence-electron chi connectivity index (χ3n) is 7.09. The Morgan fingerprint density at radius 1 is 1.13 bits per heavy atom. The Morgan fingerprint density at radius 2 is 1.95 bits per heavy atom. The summed E-state index contributed by atoms with van der Waals surface area (Å²) in [6.07, 6.45) is 9.79. The third-order valence-corrected chi connectivity index (χ3v) is 7.09. The molecule has 38 heavy (non-hydrogen) atoms. The average Bonchev–Trinajstić information content (AvgIpc) is 3.44. The van der Waals surface area contributed by atoms with Gasteiger partial charge in [0, 0.05) is 11.1 Å². The number of tetrazole rings is 1. The van der Waals surface area contributed by atoms with Gasteiger partial charge in [0.05, 0.1) is 19.4 Å². The van der Waals surface area contributed by atoms with E-state index in [1.165, 1.54) is 48.9 Å². The summed E-state index contributed by atoms with van der Waals surface area (Å²) in [5, 5.41) is 12.1. The fourth-order valence-electron chi connectivity index (χ4n) is 5.00. The lowest BCUT2D eigenvalue weighted by molar-refractivity contribution is -0.144. The van der Waals surface area contributed by atoms with E-state index in [1.807, 2.05) is 13.0 Å².